The molecule has 1 heterocycles. The van der Waals surface area contributed by atoms with Crippen molar-refractivity contribution < 1.29 is 4.74 Å². The van der Waals surface area contributed by atoms with Gasteiger partial charge in [0.25, 0.3) is 0 Å². The van der Waals surface area contributed by atoms with Gasteiger partial charge in [0.2, 0.25) is 0 Å². The minimum absolute atomic E-state index is 0.0644. The van der Waals surface area contributed by atoms with Crippen LogP contribution < -0.4 is 11.3 Å². The topological polar surface area (TPSA) is 78.0 Å². The Morgan fingerprint density at radius 2 is 2.25 bits per heavy atom. The molecule has 0 saturated heterocycles. The third-order valence-electron chi connectivity index (χ3n) is 4.75. The van der Waals surface area contributed by atoms with Gasteiger partial charge in [0.15, 0.2) is 0 Å². The molecule has 1 aliphatic carbocycles. The van der Waals surface area contributed by atoms with Crippen molar-refractivity contribution in [3.8, 4) is 0 Å². The van der Waals surface area contributed by atoms with Crippen molar-refractivity contribution >= 4 is 0 Å². The quantitative estimate of drug-likeness (QED) is 0.606. The number of ether oxygens (including phenoxy) is 1. The predicted molar refractivity (Wildman–Crippen MR) is 77.9 cm³/mol. The molecule has 1 aliphatic rings. The fraction of sp³-hybridized carbons (Fsp3) is 0.857. The lowest BCUT2D eigenvalue weighted by molar-refractivity contribution is -0.0752. The molecule has 2 rings (SSSR count). The number of rotatable bonds is 6. The maximum Gasteiger partial charge on any atom is 0.138 e. The highest BCUT2D eigenvalue weighted by Crippen LogP contribution is 2.37. The zero-order valence-electron chi connectivity index (χ0n) is 12.8. The van der Waals surface area contributed by atoms with Crippen LogP contribution in [0.4, 0.5) is 0 Å². The summed E-state index contributed by atoms with van der Waals surface area (Å²) in [6, 6.07) is 0.0644. The average molecular weight is 281 g/mol. The maximum atomic E-state index is 5.90. The zero-order valence-corrected chi connectivity index (χ0v) is 12.8. The van der Waals surface area contributed by atoms with Crippen LogP contribution in [0.1, 0.15) is 45.4 Å². The van der Waals surface area contributed by atoms with Gasteiger partial charge in [-0.05, 0) is 38.5 Å². The van der Waals surface area contributed by atoms with E-state index in [0.717, 1.165) is 37.5 Å². The van der Waals surface area contributed by atoms with Crippen molar-refractivity contribution in [3.05, 3.63) is 12.2 Å². The minimum atomic E-state index is -0.189. The van der Waals surface area contributed by atoms with Gasteiger partial charge >= 0.3 is 0 Å². The van der Waals surface area contributed by atoms with Crippen molar-refractivity contribution in [1.29, 1.82) is 0 Å². The second-order valence-electron chi connectivity index (χ2n) is 5.87. The van der Waals surface area contributed by atoms with E-state index in [2.05, 4.69) is 29.4 Å². The molecule has 6 nitrogen and oxygen atoms in total. The molecule has 0 spiro atoms. The molecular weight excluding hydrogens is 254 g/mol. The Balaban J connectivity index is 2.13. The molecular formula is C14H27N5O. The summed E-state index contributed by atoms with van der Waals surface area (Å²) in [7, 11) is 1.80. The van der Waals surface area contributed by atoms with Gasteiger partial charge < -0.3 is 4.74 Å². The van der Waals surface area contributed by atoms with Gasteiger partial charge in [0.05, 0.1) is 11.6 Å². The van der Waals surface area contributed by atoms with E-state index in [-0.39, 0.29) is 11.6 Å². The Labute approximate surface area is 121 Å². The summed E-state index contributed by atoms with van der Waals surface area (Å²) in [5.41, 5.74) is 2.77. The van der Waals surface area contributed by atoms with Gasteiger partial charge in [-0.1, -0.05) is 6.92 Å². The summed E-state index contributed by atoms with van der Waals surface area (Å²) in [5, 5.41) is 4.22. The second kappa shape index (κ2) is 6.65. The highest BCUT2D eigenvalue weighted by atomic mass is 16.5. The molecule has 3 N–H and O–H groups in total. The van der Waals surface area contributed by atoms with Crippen LogP contribution in [0.2, 0.25) is 0 Å². The number of nitrogens with two attached hydrogens (primary N) is 1. The lowest BCUT2D eigenvalue weighted by Crippen LogP contribution is -2.57. The van der Waals surface area contributed by atoms with Crippen LogP contribution in [0.15, 0.2) is 6.33 Å². The summed E-state index contributed by atoms with van der Waals surface area (Å²) in [4.78, 5) is 4.35. The number of hydrogen-bond donors (Lipinski definition) is 2. The normalized spacial score (nSPS) is 28.5. The molecule has 1 unspecified atom stereocenters. The Morgan fingerprint density at radius 1 is 1.55 bits per heavy atom. The largest absolute Gasteiger partial charge is 0.377 e. The van der Waals surface area contributed by atoms with Crippen LogP contribution in [-0.4, -0.2) is 33.5 Å². The Bertz CT molecular complexity index is 411. The molecule has 0 bridgehead atoms. The number of methoxy groups -OCH3 is 1. The van der Waals surface area contributed by atoms with Crippen LogP contribution in [0, 0.1) is 5.92 Å². The lowest BCUT2D eigenvalue weighted by Gasteiger charge is -2.43. The molecule has 1 aromatic rings. The molecule has 20 heavy (non-hydrogen) atoms. The van der Waals surface area contributed by atoms with Crippen LogP contribution in [0.3, 0.4) is 0 Å². The van der Waals surface area contributed by atoms with E-state index in [9.17, 15) is 0 Å². The van der Waals surface area contributed by atoms with Crippen molar-refractivity contribution in [2.24, 2.45) is 11.8 Å². The molecule has 1 aromatic heterocycles. The third kappa shape index (κ3) is 3.02. The third-order valence-corrected chi connectivity index (χ3v) is 4.75. The predicted octanol–water partition coefficient (Wildman–Crippen LogP) is 1.27. The van der Waals surface area contributed by atoms with E-state index in [1.165, 1.54) is 12.8 Å². The van der Waals surface area contributed by atoms with Crippen molar-refractivity contribution in [2.75, 3.05) is 7.11 Å². The van der Waals surface area contributed by atoms with Crippen LogP contribution in [0.5, 0.6) is 0 Å². The first-order valence-electron chi connectivity index (χ1n) is 7.53. The Kier molecular flexibility index (Phi) is 5.12. The molecule has 114 valence electrons. The molecule has 0 amide bonds. The summed E-state index contributed by atoms with van der Waals surface area (Å²) >= 11 is 0. The summed E-state index contributed by atoms with van der Waals surface area (Å²) in [6.07, 6.45) is 6.81. The van der Waals surface area contributed by atoms with E-state index < -0.39 is 0 Å². The van der Waals surface area contributed by atoms with Crippen molar-refractivity contribution in [1.82, 2.24) is 20.2 Å². The average Bonchev–Trinajstić information content (AvgIpc) is 2.93. The standard InChI is InChI=1S/C14H27N5O/c1-4-19-13(16-10-17-19)9-12(18-15)14(20-3)7-5-11(2)6-8-14/h10-12,18H,4-9,15H2,1-3H3. The molecule has 6 heteroatoms. The fourth-order valence-electron chi connectivity index (χ4n) is 3.24. The van der Waals surface area contributed by atoms with Gasteiger partial charge in [-0.15, -0.1) is 0 Å². The number of nitrogens with one attached hydrogen (secondary N) is 1. The Morgan fingerprint density at radius 3 is 2.80 bits per heavy atom. The highest BCUT2D eigenvalue weighted by molar-refractivity contribution is 5.01. The first-order chi connectivity index (χ1) is 9.65. The molecule has 0 aromatic carbocycles. The Hall–Kier alpha value is -0.980. The molecule has 1 atom stereocenters. The van der Waals surface area contributed by atoms with Crippen LogP contribution in [0.25, 0.3) is 0 Å². The van der Waals surface area contributed by atoms with Gasteiger partial charge in [-0.3, -0.25) is 16.0 Å². The van der Waals surface area contributed by atoms with Crippen LogP contribution >= 0.6 is 0 Å². The van der Waals surface area contributed by atoms with E-state index in [1.807, 2.05) is 4.68 Å². The monoisotopic (exact) mass is 281 g/mol. The smallest absolute Gasteiger partial charge is 0.138 e. The highest BCUT2D eigenvalue weighted by Gasteiger charge is 2.41. The maximum absolute atomic E-state index is 5.90. The van der Waals surface area contributed by atoms with E-state index in [1.54, 1.807) is 13.4 Å². The number of hydrazine groups is 1. The van der Waals surface area contributed by atoms with Crippen LogP contribution in [-0.2, 0) is 17.7 Å². The molecule has 0 aliphatic heterocycles. The van der Waals surface area contributed by atoms with Crippen molar-refractivity contribution in [2.45, 2.75) is 64.1 Å². The summed E-state index contributed by atoms with van der Waals surface area (Å²) in [5.74, 6) is 7.56. The number of aromatic nitrogens is 3. The lowest BCUT2D eigenvalue weighted by atomic mass is 9.74. The molecule has 0 radical (unpaired) electrons. The first kappa shape index (κ1) is 15.4. The van der Waals surface area contributed by atoms with E-state index in [4.69, 9.17) is 10.6 Å². The van der Waals surface area contributed by atoms with Gasteiger partial charge in [0.1, 0.15) is 12.2 Å². The number of hydrogen-bond acceptors (Lipinski definition) is 5. The second-order valence-corrected chi connectivity index (χ2v) is 5.87. The SMILES string of the molecule is CCn1ncnc1CC(NN)C1(OC)CCC(C)CC1. The first-order valence-corrected chi connectivity index (χ1v) is 7.53. The summed E-state index contributed by atoms with van der Waals surface area (Å²) < 4.78 is 7.82. The molecule has 1 fully saturated rings. The summed E-state index contributed by atoms with van der Waals surface area (Å²) in [6.45, 7) is 5.19. The van der Waals surface area contributed by atoms with E-state index in [0.29, 0.717) is 0 Å². The number of nitrogens with zero attached hydrogens (tertiary/aromatic N) is 3. The number of aryl methyl sites for hydroxylation is 1. The van der Waals surface area contributed by atoms with Gasteiger partial charge in [-0.2, -0.15) is 5.10 Å². The van der Waals surface area contributed by atoms with E-state index >= 15 is 0 Å². The molecule has 1 saturated carbocycles. The minimum Gasteiger partial charge on any atom is -0.377 e. The fourth-order valence-corrected chi connectivity index (χ4v) is 3.24. The zero-order chi connectivity index (χ0) is 14.6. The van der Waals surface area contributed by atoms with Gasteiger partial charge in [-0.25, -0.2) is 4.98 Å². The van der Waals surface area contributed by atoms with Gasteiger partial charge in [0, 0.05) is 20.1 Å². The van der Waals surface area contributed by atoms with Crippen molar-refractivity contribution in [3.63, 3.8) is 0 Å².